The van der Waals surface area contributed by atoms with E-state index >= 15 is 0 Å². The van der Waals surface area contributed by atoms with Crippen LogP contribution in [0.15, 0.2) is 36.4 Å². The third-order valence-electron chi connectivity index (χ3n) is 4.31. The summed E-state index contributed by atoms with van der Waals surface area (Å²) in [5, 5.41) is 3.21. The van der Waals surface area contributed by atoms with Crippen molar-refractivity contribution in [2.75, 3.05) is 39.2 Å². The van der Waals surface area contributed by atoms with Gasteiger partial charge in [-0.15, -0.1) is 0 Å². The lowest BCUT2D eigenvalue weighted by Crippen LogP contribution is -2.44. The molecule has 1 unspecified atom stereocenters. The van der Waals surface area contributed by atoms with Gasteiger partial charge in [-0.25, -0.2) is 9.18 Å². The number of halogens is 2. The van der Waals surface area contributed by atoms with Crippen molar-refractivity contribution in [1.29, 1.82) is 0 Å². The second-order valence-corrected chi connectivity index (χ2v) is 6.38. The summed E-state index contributed by atoms with van der Waals surface area (Å²) in [7, 11) is 2.99. The van der Waals surface area contributed by atoms with Gasteiger partial charge in [-0.2, -0.15) is 0 Å². The first-order valence-electron chi connectivity index (χ1n) is 8.36. The van der Waals surface area contributed by atoms with E-state index in [9.17, 15) is 9.18 Å². The van der Waals surface area contributed by atoms with Gasteiger partial charge in [-0.05, 0) is 17.7 Å². The first kappa shape index (κ1) is 19.3. The number of amides is 2. The summed E-state index contributed by atoms with van der Waals surface area (Å²) >= 11 is 6.09. The van der Waals surface area contributed by atoms with E-state index in [1.54, 1.807) is 29.2 Å². The highest BCUT2D eigenvalue weighted by molar-refractivity contribution is 6.32. The van der Waals surface area contributed by atoms with Crippen molar-refractivity contribution in [1.82, 2.24) is 4.90 Å². The number of urea groups is 1. The minimum absolute atomic E-state index is 0.298. The lowest BCUT2D eigenvalue weighted by Gasteiger charge is -2.33. The second kappa shape index (κ2) is 8.45. The van der Waals surface area contributed by atoms with Crippen LogP contribution in [0.2, 0.25) is 5.02 Å². The Labute approximate surface area is 161 Å². The molecule has 0 bridgehead atoms. The third-order valence-corrected chi connectivity index (χ3v) is 4.61. The number of rotatable bonds is 4. The van der Waals surface area contributed by atoms with Crippen molar-refractivity contribution in [3.8, 4) is 11.5 Å². The molecular formula is C19H20ClFN2O4. The number of hydrogen-bond acceptors (Lipinski definition) is 4. The van der Waals surface area contributed by atoms with Gasteiger partial charge in [0, 0.05) is 18.7 Å². The highest BCUT2D eigenvalue weighted by Crippen LogP contribution is 2.36. The van der Waals surface area contributed by atoms with Gasteiger partial charge < -0.3 is 24.4 Å². The average Bonchev–Trinajstić information content (AvgIpc) is 2.69. The zero-order valence-corrected chi connectivity index (χ0v) is 15.8. The predicted molar refractivity (Wildman–Crippen MR) is 100 cm³/mol. The zero-order chi connectivity index (χ0) is 19.4. The standard InChI is InChI=1S/C19H20ClFN2O4/c1-25-16-10-15(17(26-2)9-14(16)20)22-19(24)23-7-8-27-18(11-23)12-3-5-13(21)6-4-12/h3-6,9-10,18H,7-8,11H2,1-2H3,(H,22,24). The number of morpholine rings is 1. The van der Waals surface area contributed by atoms with Crippen LogP contribution in [0, 0.1) is 5.82 Å². The molecule has 1 saturated heterocycles. The van der Waals surface area contributed by atoms with E-state index in [2.05, 4.69) is 5.32 Å². The van der Waals surface area contributed by atoms with Crippen molar-refractivity contribution in [2.45, 2.75) is 6.10 Å². The monoisotopic (exact) mass is 394 g/mol. The third kappa shape index (κ3) is 4.43. The van der Waals surface area contributed by atoms with E-state index in [4.69, 9.17) is 25.8 Å². The molecule has 2 amide bonds. The molecule has 0 radical (unpaired) electrons. The van der Waals surface area contributed by atoms with Crippen molar-refractivity contribution in [2.24, 2.45) is 0 Å². The van der Waals surface area contributed by atoms with Gasteiger partial charge in [0.1, 0.15) is 23.4 Å². The highest BCUT2D eigenvalue weighted by atomic mass is 35.5. The number of benzene rings is 2. The molecule has 3 rings (SSSR count). The molecule has 0 aromatic heterocycles. The molecule has 1 heterocycles. The minimum atomic E-state index is -0.313. The topological polar surface area (TPSA) is 60.0 Å². The summed E-state index contributed by atoms with van der Waals surface area (Å²) < 4.78 is 29.3. The molecule has 2 aromatic carbocycles. The predicted octanol–water partition coefficient (Wildman–Crippen LogP) is 4.10. The summed E-state index contributed by atoms with van der Waals surface area (Å²) in [5.41, 5.74) is 1.27. The van der Waals surface area contributed by atoms with E-state index < -0.39 is 0 Å². The molecule has 27 heavy (non-hydrogen) atoms. The van der Waals surface area contributed by atoms with E-state index in [-0.39, 0.29) is 18.0 Å². The Kier molecular flexibility index (Phi) is 6.03. The van der Waals surface area contributed by atoms with Gasteiger partial charge in [0.05, 0.1) is 38.1 Å². The van der Waals surface area contributed by atoms with E-state index in [0.717, 1.165) is 5.56 Å². The Morgan fingerprint density at radius 1 is 1.22 bits per heavy atom. The number of hydrogen-bond donors (Lipinski definition) is 1. The van der Waals surface area contributed by atoms with Crippen LogP contribution in [0.3, 0.4) is 0 Å². The number of methoxy groups -OCH3 is 2. The minimum Gasteiger partial charge on any atom is -0.495 e. The molecule has 0 spiro atoms. The SMILES string of the molecule is COc1cc(NC(=O)N2CCOC(c3ccc(F)cc3)C2)c(OC)cc1Cl. The molecule has 1 aliphatic rings. The fourth-order valence-electron chi connectivity index (χ4n) is 2.87. The summed E-state index contributed by atoms with van der Waals surface area (Å²) in [4.78, 5) is 14.4. The van der Waals surface area contributed by atoms with E-state index in [1.165, 1.54) is 26.4 Å². The first-order chi connectivity index (χ1) is 13.0. The quantitative estimate of drug-likeness (QED) is 0.848. The average molecular weight is 395 g/mol. The maximum atomic E-state index is 13.1. The molecule has 144 valence electrons. The Morgan fingerprint density at radius 3 is 2.59 bits per heavy atom. The molecule has 6 nitrogen and oxygen atoms in total. The number of carbonyl (C=O) groups excluding carboxylic acids is 1. The van der Waals surface area contributed by atoms with Crippen molar-refractivity contribution < 1.29 is 23.4 Å². The van der Waals surface area contributed by atoms with E-state index in [0.29, 0.717) is 41.9 Å². The van der Waals surface area contributed by atoms with E-state index in [1.807, 2.05) is 0 Å². The van der Waals surface area contributed by atoms with Crippen LogP contribution in [0.5, 0.6) is 11.5 Å². The van der Waals surface area contributed by atoms with Gasteiger partial charge in [0.15, 0.2) is 0 Å². The van der Waals surface area contributed by atoms with Crippen molar-refractivity contribution in [3.05, 3.63) is 52.8 Å². The van der Waals surface area contributed by atoms with Gasteiger partial charge in [0.2, 0.25) is 0 Å². The first-order valence-corrected chi connectivity index (χ1v) is 8.74. The van der Waals surface area contributed by atoms with Crippen LogP contribution < -0.4 is 14.8 Å². The fraction of sp³-hybridized carbons (Fsp3) is 0.316. The normalized spacial score (nSPS) is 16.7. The Hall–Kier alpha value is -2.51. The molecular weight excluding hydrogens is 375 g/mol. The fourth-order valence-corrected chi connectivity index (χ4v) is 3.10. The molecule has 0 saturated carbocycles. The maximum absolute atomic E-state index is 13.1. The Morgan fingerprint density at radius 2 is 1.93 bits per heavy atom. The molecule has 1 N–H and O–H groups in total. The zero-order valence-electron chi connectivity index (χ0n) is 15.0. The Bertz CT molecular complexity index is 816. The van der Waals surface area contributed by atoms with Crippen LogP contribution in [0.4, 0.5) is 14.9 Å². The molecule has 1 fully saturated rings. The van der Waals surface area contributed by atoms with Gasteiger partial charge in [-0.3, -0.25) is 0 Å². The lowest BCUT2D eigenvalue weighted by atomic mass is 10.1. The number of carbonyl (C=O) groups is 1. The number of nitrogens with one attached hydrogen (secondary N) is 1. The summed E-state index contributed by atoms with van der Waals surface area (Å²) in [6.07, 6.45) is -0.313. The largest absolute Gasteiger partial charge is 0.495 e. The van der Waals surface area contributed by atoms with Crippen LogP contribution in [0.1, 0.15) is 11.7 Å². The van der Waals surface area contributed by atoms with Crippen LogP contribution in [-0.2, 0) is 4.74 Å². The highest BCUT2D eigenvalue weighted by Gasteiger charge is 2.26. The molecule has 2 aromatic rings. The van der Waals surface area contributed by atoms with Crippen LogP contribution in [-0.4, -0.2) is 44.8 Å². The lowest BCUT2D eigenvalue weighted by molar-refractivity contribution is -0.0135. The van der Waals surface area contributed by atoms with Crippen LogP contribution >= 0.6 is 11.6 Å². The number of nitrogens with zero attached hydrogens (tertiary/aromatic N) is 1. The molecule has 1 atom stereocenters. The van der Waals surface area contributed by atoms with Gasteiger partial charge >= 0.3 is 6.03 Å². The van der Waals surface area contributed by atoms with Crippen molar-refractivity contribution in [3.63, 3.8) is 0 Å². The summed E-state index contributed by atoms with van der Waals surface area (Å²) in [5.74, 6) is 0.546. The van der Waals surface area contributed by atoms with Gasteiger partial charge in [0.25, 0.3) is 0 Å². The molecule has 0 aliphatic carbocycles. The number of ether oxygens (including phenoxy) is 3. The maximum Gasteiger partial charge on any atom is 0.322 e. The summed E-state index contributed by atoms with van der Waals surface area (Å²) in [6.45, 7) is 1.18. The molecule has 8 heteroatoms. The van der Waals surface area contributed by atoms with Crippen molar-refractivity contribution >= 4 is 23.3 Å². The Balaban J connectivity index is 1.73. The summed E-state index contributed by atoms with van der Waals surface area (Å²) in [6, 6.07) is 8.97. The molecule has 1 aliphatic heterocycles. The van der Waals surface area contributed by atoms with Crippen LogP contribution in [0.25, 0.3) is 0 Å². The second-order valence-electron chi connectivity index (χ2n) is 5.97. The van der Waals surface area contributed by atoms with Gasteiger partial charge in [-0.1, -0.05) is 23.7 Å². The number of anilines is 1. The smallest absolute Gasteiger partial charge is 0.322 e.